The van der Waals surface area contributed by atoms with Crippen LogP contribution in [0.3, 0.4) is 0 Å². The molecule has 0 N–H and O–H groups in total. The molecule has 0 heterocycles. The predicted molar refractivity (Wildman–Crippen MR) is 247 cm³/mol. The Morgan fingerprint density at radius 1 is 0.293 bits per heavy atom. The molecule has 0 radical (unpaired) electrons. The Labute approximate surface area is 361 Å². The quantitative estimate of drug-likeness (QED) is 0.0346. The Morgan fingerprint density at radius 3 is 0.741 bits per heavy atom. The van der Waals surface area contributed by atoms with E-state index >= 15 is 0 Å². The van der Waals surface area contributed by atoms with Crippen LogP contribution in [0.4, 0.5) is 0 Å². The maximum Gasteiger partial charge on any atom is 0.306 e. The Hall–Kier alpha value is -1.59. The fraction of sp³-hybridized carbons (Fsp3) is 0.942. The summed E-state index contributed by atoms with van der Waals surface area (Å²) >= 11 is 0. The van der Waals surface area contributed by atoms with Gasteiger partial charge >= 0.3 is 17.9 Å². The third-order valence-corrected chi connectivity index (χ3v) is 11.6. The molecule has 344 valence electrons. The van der Waals surface area contributed by atoms with Crippen molar-refractivity contribution >= 4 is 17.9 Å². The van der Waals surface area contributed by atoms with Crippen molar-refractivity contribution in [3.05, 3.63) is 0 Å². The van der Waals surface area contributed by atoms with Crippen molar-refractivity contribution in [3.63, 3.8) is 0 Å². The van der Waals surface area contributed by atoms with E-state index in [9.17, 15) is 14.4 Å². The van der Waals surface area contributed by atoms with Crippen molar-refractivity contribution in [1.82, 2.24) is 0 Å². The van der Waals surface area contributed by atoms with E-state index in [1.165, 1.54) is 161 Å². The van der Waals surface area contributed by atoms with Crippen LogP contribution < -0.4 is 0 Å². The predicted octanol–water partition coefficient (Wildman–Crippen LogP) is 16.4. The van der Waals surface area contributed by atoms with Gasteiger partial charge in [0.25, 0.3) is 0 Å². The summed E-state index contributed by atoms with van der Waals surface area (Å²) in [6.07, 6.45) is 42.4. The van der Waals surface area contributed by atoms with E-state index in [4.69, 9.17) is 14.2 Å². The molecule has 1 atom stereocenters. The number of carbonyl (C=O) groups excluding carboxylic acids is 3. The minimum Gasteiger partial charge on any atom is -0.462 e. The van der Waals surface area contributed by atoms with Gasteiger partial charge in [0.15, 0.2) is 6.10 Å². The van der Waals surface area contributed by atoms with Crippen LogP contribution in [0.2, 0.25) is 0 Å². The minimum atomic E-state index is -0.763. The molecule has 0 aliphatic rings. The van der Waals surface area contributed by atoms with E-state index in [1.54, 1.807) is 0 Å². The van der Waals surface area contributed by atoms with Crippen LogP contribution in [-0.4, -0.2) is 37.2 Å². The molecular formula is C52H100O6. The summed E-state index contributed by atoms with van der Waals surface area (Å²) in [7, 11) is 0. The van der Waals surface area contributed by atoms with E-state index in [0.29, 0.717) is 19.3 Å². The highest BCUT2D eigenvalue weighted by molar-refractivity contribution is 5.71. The third kappa shape index (κ3) is 45.5. The molecule has 0 aliphatic carbocycles. The second-order valence-electron chi connectivity index (χ2n) is 19.2. The summed E-state index contributed by atoms with van der Waals surface area (Å²) in [5.74, 6) is 1.59. The van der Waals surface area contributed by atoms with Gasteiger partial charge in [0.2, 0.25) is 0 Å². The van der Waals surface area contributed by atoms with Crippen LogP contribution in [-0.2, 0) is 28.6 Å². The van der Waals surface area contributed by atoms with E-state index < -0.39 is 6.10 Å². The fourth-order valence-electron chi connectivity index (χ4n) is 7.76. The highest BCUT2D eigenvalue weighted by atomic mass is 16.6. The number of esters is 3. The average molecular weight is 821 g/mol. The number of ether oxygens (including phenoxy) is 3. The Bertz CT molecular complexity index is 898. The zero-order valence-corrected chi connectivity index (χ0v) is 39.8. The van der Waals surface area contributed by atoms with Crippen molar-refractivity contribution in [2.24, 2.45) is 17.8 Å². The molecule has 0 spiro atoms. The normalized spacial score (nSPS) is 12.2. The first-order valence-electron chi connectivity index (χ1n) is 25.6. The van der Waals surface area contributed by atoms with Gasteiger partial charge < -0.3 is 14.2 Å². The van der Waals surface area contributed by atoms with Gasteiger partial charge in [0, 0.05) is 19.3 Å². The van der Waals surface area contributed by atoms with Crippen LogP contribution in [0.1, 0.15) is 279 Å². The Kier molecular flexibility index (Phi) is 42.3. The van der Waals surface area contributed by atoms with Gasteiger partial charge in [-0.2, -0.15) is 0 Å². The summed E-state index contributed by atoms with van der Waals surface area (Å²) in [6.45, 7) is 13.7. The molecule has 0 aromatic heterocycles. The second kappa shape index (κ2) is 43.5. The van der Waals surface area contributed by atoms with Crippen LogP contribution >= 0.6 is 0 Å². The van der Waals surface area contributed by atoms with Gasteiger partial charge in [-0.1, -0.05) is 241 Å². The van der Waals surface area contributed by atoms with Crippen molar-refractivity contribution in [2.75, 3.05) is 13.2 Å². The number of unbranched alkanes of at least 4 members (excludes halogenated alkanes) is 28. The summed E-state index contributed by atoms with van der Waals surface area (Å²) in [5.41, 5.74) is 0. The Balaban J connectivity index is 4.28. The molecule has 0 aromatic rings. The van der Waals surface area contributed by atoms with Crippen molar-refractivity contribution < 1.29 is 28.6 Å². The van der Waals surface area contributed by atoms with E-state index in [1.807, 2.05) is 0 Å². The lowest BCUT2D eigenvalue weighted by Gasteiger charge is -2.18. The average Bonchev–Trinajstić information content (AvgIpc) is 3.18. The Morgan fingerprint density at radius 2 is 0.500 bits per heavy atom. The van der Waals surface area contributed by atoms with E-state index in [0.717, 1.165) is 75.5 Å². The molecule has 0 saturated carbocycles. The van der Waals surface area contributed by atoms with Crippen LogP contribution in [0.15, 0.2) is 0 Å². The fourth-order valence-corrected chi connectivity index (χ4v) is 7.76. The maximum absolute atomic E-state index is 12.8. The smallest absolute Gasteiger partial charge is 0.306 e. The molecule has 0 saturated heterocycles. The number of rotatable bonds is 45. The van der Waals surface area contributed by atoms with Gasteiger partial charge in [0.05, 0.1) is 0 Å². The van der Waals surface area contributed by atoms with Crippen LogP contribution in [0, 0.1) is 17.8 Å². The molecule has 58 heavy (non-hydrogen) atoms. The van der Waals surface area contributed by atoms with Crippen LogP contribution in [0.5, 0.6) is 0 Å². The van der Waals surface area contributed by atoms with Crippen LogP contribution in [0.25, 0.3) is 0 Å². The molecule has 0 unspecified atom stereocenters. The minimum absolute atomic E-state index is 0.0652. The van der Waals surface area contributed by atoms with E-state index in [-0.39, 0.29) is 31.1 Å². The van der Waals surface area contributed by atoms with Gasteiger partial charge in [-0.15, -0.1) is 0 Å². The molecule has 0 aromatic carbocycles. The first-order valence-corrected chi connectivity index (χ1v) is 25.6. The molecule has 6 heteroatoms. The molecule has 0 aliphatic heterocycles. The molecule has 0 bridgehead atoms. The molecule has 6 nitrogen and oxygen atoms in total. The molecular weight excluding hydrogens is 721 g/mol. The number of carbonyl (C=O) groups is 3. The van der Waals surface area contributed by atoms with E-state index in [2.05, 4.69) is 41.5 Å². The lowest BCUT2D eigenvalue weighted by atomic mass is 10.0. The summed E-state index contributed by atoms with van der Waals surface area (Å²) < 4.78 is 16.8. The van der Waals surface area contributed by atoms with Gasteiger partial charge in [-0.25, -0.2) is 0 Å². The summed E-state index contributed by atoms with van der Waals surface area (Å²) in [4.78, 5) is 37.9. The number of hydrogen-bond donors (Lipinski definition) is 0. The first kappa shape index (κ1) is 56.4. The lowest BCUT2D eigenvalue weighted by molar-refractivity contribution is -0.167. The summed E-state index contributed by atoms with van der Waals surface area (Å²) in [6, 6.07) is 0. The van der Waals surface area contributed by atoms with Gasteiger partial charge in [-0.05, 0) is 37.0 Å². The van der Waals surface area contributed by atoms with Gasteiger partial charge in [0.1, 0.15) is 13.2 Å². The van der Waals surface area contributed by atoms with Gasteiger partial charge in [-0.3, -0.25) is 14.4 Å². The standard InChI is InChI=1S/C52H100O6/c1-46(2)38-32-26-20-15-11-9-7-8-10-12-17-23-29-35-41-50(53)56-44-49(45-57-51(54)42-36-30-25-19-22-28-34-40-48(5)6)58-52(55)43-37-31-24-18-14-13-16-21-27-33-39-47(3)4/h46-49H,7-45H2,1-6H3/t49-/m0/s1. The maximum atomic E-state index is 12.8. The molecule has 0 fully saturated rings. The summed E-state index contributed by atoms with van der Waals surface area (Å²) in [5, 5.41) is 0. The highest BCUT2D eigenvalue weighted by Gasteiger charge is 2.19. The monoisotopic (exact) mass is 821 g/mol. The topological polar surface area (TPSA) is 78.9 Å². The SMILES string of the molecule is CC(C)CCCCCCCCCCCCCCCCC(=O)OC[C@@H](COC(=O)CCCCCCCCCC(C)C)OC(=O)CCCCCCCCCCCCC(C)C. The largest absolute Gasteiger partial charge is 0.462 e. The zero-order valence-electron chi connectivity index (χ0n) is 39.8. The van der Waals surface area contributed by atoms with Crippen molar-refractivity contribution in [2.45, 2.75) is 285 Å². The second-order valence-corrected chi connectivity index (χ2v) is 19.2. The lowest BCUT2D eigenvalue weighted by Crippen LogP contribution is -2.30. The molecule has 0 amide bonds. The van der Waals surface area contributed by atoms with Crippen molar-refractivity contribution in [3.8, 4) is 0 Å². The zero-order chi connectivity index (χ0) is 42.7. The molecule has 0 rings (SSSR count). The third-order valence-electron chi connectivity index (χ3n) is 11.6. The van der Waals surface area contributed by atoms with Crippen molar-refractivity contribution in [1.29, 1.82) is 0 Å². The first-order chi connectivity index (χ1) is 28.1. The number of hydrogen-bond acceptors (Lipinski definition) is 6. The highest BCUT2D eigenvalue weighted by Crippen LogP contribution is 2.17.